The Labute approximate surface area is 213 Å². The van der Waals surface area contributed by atoms with Gasteiger partial charge in [0.25, 0.3) is 0 Å². The summed E-state index contributed by atoms with van der Waals surface area (Å²) in [5.74, 6) is 0.246. The Morgan fingerprint density at radius 2 is 1.50 bits per heavy atom. The summed E-state index contributed by atoms with van der Waals surface area (Å²) in [7, 11) is 0. The molecule has 1 atom stereocenters. The van der Waals surface area contributed by atoms with E-state index in [0.717, 1.165) is 24.8 Å². The molecule has 3 aliphatic carbocycles. The van der Waals surface area contributed by atoms with Crippen LogP contribution in [0.5, 0.6) is 0 Å². The first-order chi connectivity index (χ1) is 17.4. The molecule has 0 spiro atoms. The first-order valence-electron chi connectivity index (χ1n) is 13.7. The van der Waals surface area contributed by atoms with E-state index < -0.39 is 0 Å². The van der Waals surface area contributed by atoms with Crippen LogP contribution in [0.25, 0.3) is 5.57 Å². The largest absolute Gasteiger partial charge is 0.371 e. The fourth-order valence-corrected chi connectivity index (χ4v) is 7.61. The third-order valence-corrected chi connectivity index (χ3v) is 9.27. The molecule has 5 aliphatic rings. The standard InChI is InChI=1S/C33H33NO2/c1-33(2)19-25(29-31(35)26-9-3-4-10-27(26)32(29)36)18-24-15-20(11-12-28(24)33)23-16-21-7-5-13-34-14-6-8-22(17-23)30(21)34/h3-4,9-10,15-18,28H,5-8,11-14,19H2,1-2H3. The first kappa shape index (κ1) is 22.0. The van der Waals surface area contributed by atoms with E-state index in [2.05, 4.69) is 43.0 Å². The molecule has 0 bridgehead atoms. The van der Waals surface area contributed by atoms with Gasteiger partial charge in [0, 0.05) is 29.9 Å². The second-order valence-electron chi connectivity index (χ2n) is 12.0. The maximum atomic E-state index is 13.3. The molecule has 0 aromatic heterocycles. The number of carbonyl (C=O) groups excluding carboxylic acids is 2. The summed E-state index contributed by atoms with van der Waals surface area (Å²) in [6.07, 6.45) is 12.4. The highest BCUT2D eigenvalue weighted by atomic mass is 16.2. The van der Waals surface area contributed by atoms with E-state index in [-0.39, 0.29) is 17.0 Å². The molecule has 182 valence electrons. The first-order valence-corrected chi connectivity index (χ1v) is 13.7. The van der Waals surface area contributed by atoms with E-state index >= 15 is 0 Å². The van der Waals surface area contributed by atoms with Crippen molar-refractivity contribution in [2.75, 3.05) is 18.0 Å². The van der Waals surface area contributed by atoms with Crippen molar-refractivity contribution in [2.45, 2.75) is 58.8 Å². The number of ketones is 2. The molecule has 1 unspecified atom stereocenters. The van der Waals surface area contributed by atoms with Gasteiger partial charge in [0.1, 0.15) is 0 Å². The summed E-state index contributed by atoms with van der Waals surface area (Å²) >= 11 is 0. The van der Waals surface area contributed by atoms with Crippen LogP contribution in [0, 0.1) is 11.3 Å². The van der Waals surface area contributed by atoms with Gasteiger partial charge < -0.3 is 4.90 Å². The zero-order chi connectivity index (χ0) is 24.6. The molecule has 3 heteroatoms. The number of fused-ring (bicyclic) bond motifs is 2. The van der Waals surface area contributed by atoms with Gasteiger partial charge in [-0.1, -0.05) is 50.3 Å². The molecule has 0 saturated heterocycles. The molecule has 2 aromatic carbocycles. The zero-order valence-corrected chi connectivity index (χ0v) is 21.3. The molecule has 7 rings (SSSR count). The average Bonchev–Trinajstić information content (AvgIpc) is 3.13. The van der Waals surface area contributed by atoms with Crippen LogP contribution in [0.4, 0.5) is 5.69 Å². The maximum absolute atomic E-state index is 13.3. The van der Waals surface area contributed by atoms with Crippen LogP contribution in [0.15, 0.2) is 65.3 Å². The van der Waals surface area contributed by atoms with Crippen LogP contribution in [-0.2, 0) is 12.8 Å². The summed E-state index contributed by atoms with van der Waals surface area (Å²) in [4.78, 5) is 29.2. The Bertz CT molecular complexity index is 1370. The van der Waals surface area contributed by atoms with Gasteiger partial charge >= 0.3 is 0 Å². The van der Waals surface area contributed by atoms with Crippen molar-refractivity contribution in [3.8, 4) is 0 Å². The Morgan fingerprint density at radius 1 is 0.861 bits per heavy atom. The van der Waals surface area contributed by atoms with Crippen molar-refractivity contribution in [2.24, 2.45) is 11.3 Å². The molecular weight excluding hydrogens is 442 g/mol. The number of hydrogen-bond acceptors (Lipinski definition) is 3. The smallest absolute Gasteiger partial charge is 0.197 e. The average molecular weight is 476 g/mol. The SMILES string of the molecule is CC1(C)CC(=C2C(=O)c3ccccc3C2=O)C=C2C=C(c3cc4c5c(c3)CCCN5CCC4)CCC21. The van der Waals surface area contributed by atoms with Crippen molar-refractivity contribution < 1.29 is 9.59 Å². The number of hydrogen-bond donors (Lipinski definition) is 0. The topological polar surface area (TPSA) is 37.4 Å². The number of aryl methyl sites for hydroxylation is 2. The lowest BCUT2D eigenvalue weighted by Crippen LogP contribution is -2.34. The number of allylic oxidation sites excluding steroid dienone is 6. The Balaban J connectivity index is 1.33. The van der Waals surface area contributed by atoms with Crippen LogP contribution in [0.1, 0.15) is 83.4 Å². The highest BCUT2D eigenvalue weighted by Crippen LogP contribution is 2.51. The molecule has 0 radical (unpaired) electrons. The normalized spacial score (nSPS) is 24.2. The Hall–Kier alpha value is -3.20. The van der Waals surface area contributed by atoms with Gasteiger partial charge in [-0.15, -0.1) is 0 Å². The number of Topliss-reactive ketones (excluding diaryl/α,β-unsaturated/α-hetero) is 2. The number of nitrogens with zero attached hydrogens (tertiary/aromatic N) is 1. The van der Waals surface area contributed by atoms with E-state index in [9.17, 15) is 9.59 Å². The summed E-state index contributed by atoms with van der Waals surface area (Å²) in [6.45, 7) is 7.01. The lowest BCUT2D eigenvalue weighted by Gasteiger charge is -2.42. The van der Waals surface area contributed by atoms with Crippen molar-refractivity contribution in [3.05, 3.63) is 93.1 Å². The molecule has 3 nitrogen and oxygen atoms in total. The number of benzene rings is 2. The summed E-state index contributed by atoms with van der Waals surface area (Å²) in [5.41, 5.74) is 11.1. The molecule has 2 heterocycles. The molecule has 2 aromatic rings. The highest BCUT2D eigenvalue weighted by Gasteiger charge is 2.42. The third-order valence-electron chi connectivity index (χ3n) is 9.27. The lowest BCUT2D eigenvalue weighted by atomic mass is 9.62. The molecule has 0 N–H and O–H groups in total. The minimum atomic E-state index is -0.102. The summed E-state index contributed by atoms with van der Waals surface area (Å²) in [5, 5.41) is 0. The van der Waals surface area contributed by atoms with Crippen LogP contribution < -0.4 is 4.90 Å². The zero-order valence-electron chi connectivity index (χ0n) is 21.3. The quantitative estimate of drug-likeness (QED) is 0.332. The van der Waals surface area contributed by atoms with E-state index in [1.165, 1.54) is 72.3 Å². The molecule has 0 saturated carbocycles. The molecule has 36 heavy (non-hydrogen) atoms. The summed E-state index contributed by atoms with van der Waals surface area (Å²) in [6, 6.07) is 12.2. The van der Waals surface area contributed by atoms with Gasteiger partial charge in [0.2, 0.25) is 0 Å². The second kappa shape index (κ2) is 7.90. The van der Waals surface area contributed by atoms with Crippen LogP contribution in [-0.4, -0.2) is 24.7 Å². The van der Waals surface area contributed by atoms with Gasteiger partial charge in [-0.2, -0.15) is 0 Å². The van der Waals surface area contributed by atoms with Gasteiger partial charge in [-0.05, 0) is 102 Å². The van der Waals surface area contributed by atoms with Crippen molar-refractivity contribution in [3.63, 3.8) is 0 Å². The monoisotopic (exact) mass is 475 g/mol. The number of rotatable bonds is 1. The van der Waals surface area contributed by atoms with Crippen LogP contribution in [0.2, 0.25) is 0 Å². The number of carbonyl (C=O) groups is 2. The predicted molar refractivity (Wildman–Crippen MR) is 145 cm³/mol. The van der Waals surface area contributed by atoms with Gasteiger partial charge in [-0.25, -0.2) is 0 Å². The van der Waals surface area contributed by atoms with Crippen molar-refractivity contribution in [1.82, 2.24) is 0 Å². The minimum Gasteiger partial charge on any atom is -0.371 e. The Kier molecular flexibility index (Phi) is 4.83. The fourth-order valence-electron chi connectivity index (χ4n) is 7.61. The highest BCUT2D eigenvalue weighted by molar-refractivity contribution is 6.40. The van der Waals surface area contributed by atoms with Gasteiger partial charge in [0.05, 0.1) is 5.57 Å². The second-order valence-corrected chi connectivity index (χ2v) is 12.0. The molecule has 0 amide bonds. The van der Waals surface area contributed by atoms with Crippen molar-refractivity contribution >= 4 is 22.8 Å². The van der Waals surface area contributed by atoms with E-state index in [1.54, 1.807) is 12.1 Å². The van der Waals surface area contributed by atoms with E-state index in [0.29, 0.717) is 22.6 Å². The minimum absolute atomic E-state index is 0.00608. The molecule has 0 fully saturated rings. The maximum Gasteiger partial charge on any atom is 0.197 e. The summed E-state index contributed by atoms with van der Waals surface area (Å²) < 4.78 is 0. The van der Waals surface area contributed by atoms with Crippen LogP contribution in [0.3, 0.4) is 0 Å². The van der Waals surface area contributed by atoms with E-state index in [4.69, 9.17) is 0 Å². The van der Waals surface area contributed by atoms with Gasteiger partial charge in [-0.3, -0.25) is 9.59 Å². The van der Waals surface area contributed by atoms with Gasteiger partial charge in [0.15, 0.2) is 11.6 Å². The molecule has 2 aliphatic heterocycles. The van der Waals surface area contributed by atoms with E-state index in [1.807, 2.05) is 12.1 Å². The van der Waals surface area contributed by atoms with Crippen molar-refractivity contribution in [1.29, 1.82) is 0 Å². The number of anilines is 1. The Morgan fingerprint density at radius 3 is 2.14 bits per heavy atom. The fraction of sp³-hybridized carbons (Fsp3) is 0.394. The lowest BCUT2D eigenvalue weighted by molar-refractivity contribution is 0.0985. The third kappa shape index (κ3) is 3.25. The molecular formula is C33H33NO2. The predicted octanol–water partition coefficient (Wildman–Crippen LogP) is 6.91. The van der Waals surface area contributed by atoms with Crippen LogP contribution >= 0.6 is 0 Å².